The molecule has 0 radical (unpaired) electrons. The van der Waals surface area contributed by atoms with Gasteiger partial charge in [0.1, 0.15) is 18.2 Å². The second-order valence-corrected chi connectivity index (χ2v) is 4.53. The molecule has 2 rings (SSSR count). The molecule has 0 heterocycles. The third-order valence-corrected chi connectivity index (χ3v) is 3.11. The minimum atomic E-state index is -0.686. The summed E-state index contributed by atoms with van der Waals surface area (Å²) >= 11 is 3.22. The van der Waals surface area contributed by atoms with Crippen molar-refractivity contribution < 1.29 is 17.9 Å². The second kappa shape index (κ2) is 6.10. The van der Waals surface area contributed by atoms with E-state index in [4.69, 9.17) is 4.74 Å². The van der Waals surface area contributed by atoms with Crippen molar-refractivity contribution >= 4 is 15.9 Å². The Morgan fingerprint density at radius 3 is 2.16 bits per heavy atom. The first-order valence-electron chi connectivity index (χ1n) is 5.50. The number of halogens is 4. The van der Waals surface area contributed by atoms with Crippen molar-refractivity contribution in [2.75, 3.05) is 0 Å². The Hall–Kier alpha value is -1.49. The van der Waals surface area contributed by atoms with Gasteiger partial charge in [0.25, 0.3) is 0 Å². The maximum absolute atomic E-state index is 13.6. The molecule has 0 amide bonds. The highest BCUT2D eigenvalue weighted by Crippen LogP contribution is 2.21. The van der Waals surface area contributed by atoms with E-state index in [9.17, 15) is 13.2 Å². The summed E-state index contributed by atoms with van der Waals surface area (Å²) in [6.45, 7) is -0.0980. The fraction of sp³-hybridized carbons (Fsp3) is 0.143. The molecule has 0 aliphatic carbocycles. The number of rotatable bonds is 4. The van der Waals surface area contributed by atoms with Crippen LogP contribution in [0, 0.1) is 17.5 Å². The van der Waals surface area contributed by atoms with E-state index in [1.807, 2.05) is 0 Å². The zero-order chi connectivity index (χ0) is 13.8. The summed E-state index contributed by atoms with van der Waals surface area (Å²) in [5.41, 5.74) is 1.09. The number of ether oxygens (including phenoxy) is 1. The van der Waals surface area contributed by atoms with Crippen molar-refractivity contribution in [1.29, 1.82) is 0 Å². The van der Waals surface area contributed by atoms with Crippen LogP contribution in [0.5, 0.6) is 5.75 Å². The van der Waals surface area contributed by atoms with Crippen LogP contribution in [0.15, 0.2) is 36.4 Å². The summed E-state index contributed by atoms with van der Waals surface area (Å²) in [7, 11) is 0. The van der Waals surface area contributed by atoms with Crippen molar-refractivity contribution in [3.63, 3.8) is 0 Å². The third-order valence-electron chi connectivity index (χ3n) is 2.47. The van der Waals surface area contributed by atoms with Crippen molar-refractivity contribution in [3.8, 4) is 5.75 Å². The standard InChI is InChI=1S/C14H10BrF3O/c15-7-9-1-2-14(13(18)5-9)19-8-10-3-11(16)6-12(17)4-10/h1-6H,7-8H2. The van der Waals surface area contributed by atoms with Crippen LogP contribution >= 0.6 is 15.9 Å². The molecule has 0 N–H and O–H groups in total. The zero-order valence-corrected chi connectivity index (χ0v) is 11.4. The molecule has 0 bridgehead atoms. The van der Waals surface area contributed by atoms with Gasteiger partial charge in [0.2, 0.25) is 0 Å². The Morgan fingerprint density at radius 1 is 0.895 bits per heavy atom. The summed E-state index contributed by atoms with van der Waals surface area (Å²) in [5.74, 6) is -1.83. The van der Waals surface area contributed by atoms with Crippen LogP contribution in [0.1, 0.15) is 11.1 Å². The molecule has 0 aromatic heterocycles. The first kappa shape index (κ1) is 13.9. The van der Waals surface area contributed by atoms with E-state index in [-0.39, 0.29) is 12.4 Å². The molecule has 1 nitrogen and oxygen atoms in total. The Morgan fingerprint density at radius 2 is 1.58 bits per heavy atom. The van der Waals surface area contributed by atoms with Gasteiger partial charge in [-0.25, -0.2) is 13.2 Å². The number of benzene rings is 2. The highest BCUT2D eigenvalue weighted by atomic mass is 79.9. The number of hydrogen-bond acceptors (Lipinski definition) is 1. The first-order chi connectivity index (χ1) is 9.08. The van der Waals surface area contributed by atoms with Crippen LogP contribution in [0.2, 0.25) is 0 Å². The Bertz CT molecular complexity index is 567. The maximum atomic E-state index is 13.6. The van der Waals surface area contributed by atoms with Crippen molar-refractivity contribution in [3.05, 3.63) is 65.0 Å². The highest BCUT2D eigenvalue weighted by molar-refractivity contribution is 9.08. The van der Waals surface area contributed by atoms with Crippen LogP contribution in [0.25, 0.3) is 0 Å². The van der Waals surface area contributed by atoms with E-state index >= 15 is 0 Å². The fourth-order valence-electron chi connectivity index (χ4n) is 1.60. The lowest BCUT2D eigenvalue weighted by Crippen LogP contribution is -1.99. The van der Waals surface area contributed by atoms with Crippen LogP contribution in [0.4, 0.5) is 13.2 Å². The lowest BCUT2D eigenvalue weighted by atomic mass is 10.2. The SMILES string of the molecule is Fc1cc(F)cc(COc2ccc(CBr)cc2F)c1. The molecule has 0 aliphatic heterocycles. The molecule has 0 atom stereocenters. The molecule has 100 valence electrons. The summed E-state index contributed by atoms with van der Waals surface area (Å²) in [6.07, 6.45) is 0. The summed E-state index contributed by atoms with van der Waals surface area (Å²) in [6, 6.07) is 7.60. The third kappa shape index (κ3) is 3.73. The lowest BCUT2D eigenvalue weighted by Gasteiger charge is -2.08. The topological polar surface area (TPSA) is 9.23 Å². The van der Waals surface area contributed by atoms with E-state index in [2.05, 4.69) is 15.9 Å². The van der Waals surface area contributed by atoms with Gasteiger partial charge >= 0.3 is 0 Å². The number of hydrogen-bond donors (Lipinski definition) is 0. The molecule has 2 aromatic carbocycles. The average molecular weight is 331 g/mol. The molecule has 0 spiro atoms. The van der Waals surface area contributed by atoms with E-state index in [0.717, 1.165) is 23.8 Å². The highest BCUT2D eigenvalue weighted by Gasteiger charge is 2.06. The van der Waals surface area contributed by atoms with Gasteiger partial charge in [-0.15, -0.1) is 0 Å². The number of alkyl halides is 1. The van der Waals surface area contributed by atoms with E-state index < -0.39 is 17.5 Å². The van der Waals surface area contributed by atoms with Gasteiger partial charge in [-0.05, 0) is 35.4 Å². The molecule has 0 unspecified atom stereocenters. The van der Waals surface area contributed by atoms with Gasteiger partial charge in [0.15, 0.2) is 11.6 Å². The normalized spacial score (nSPS) is 10.5. The predicted octanol–water partition coefficient (Wildman–Crippen LogP) is 4.58. The minimum absolute atomic E-state index is 0.0503. The molecule has 0 fully saturated rings. The summed E-state index contributed by atoms with van der Waals surface area (Å²) in [5, 5.41) is 0.541. The minimum Gasteiger partial charge on any atom is -0.486 e. The van der Waals surface area contributed by atoms with E-state index in [1.54, 1.807) is 6.07 Å². The largest absolute Gasteiger partial charge is 0.486 e. The molecule has 0 aliphatic rings. The van der Waals surface area contributed by atoms with Gasteiger partial charge in [-0.2, -0.15) is 0 Å². The molecular weight excluding hydrogens is 321 g/mol. The average Bonchev–Trinajstić information content (AvgIpc) is 2.36. The smallest absolute Gasteiger partial charge is 0.165 e. The van der Waals surface area contributed by atoms with Gasteiger partial charge in [0.05, 0.1) is 0 Å². The summed E-state index contributed by atoms with van der Waals surface area (Å²) in [4.78, 5) is 0. The molecule has 2 aromatic rings. The van der Waals surface area contributed by atoms with E-state index in [1.165, 1.54) is 12.1 Å². The van der Waals surface area contributed by atoms with Crippen molar-refractivity contribution in [1.82, 2.24) is 0 Å². The molecule has 0 saturated carbocycles. The monoisotopic (exact) mass is 330 g/mol. The van der Waals surface area contributed by atoms with Gasteiger partial charge in [-0.3, -0.25) is 0 Å². The Labute approximate surface area is 117 Å². The zero-order valence-electron chi connectivity index (χ0n) is 9.80. The first-order valence-corrected chi connectivity index (χ1v) is 6.63. The quantitative estimate of drug-likeness (QED) is 0.746. The van der Waals surface area contributed by atoms with Crippen molar-refractivity contribution in [2.45, 2.75) is 11.9 Å². The summed E-state index contributed by atoms with van der Waals surface area (Å²) < 4.78 is 44.7. The van der Waals surface area contributed by atoms with Gasteiger partial charge < -0.3 is 4.74 Å². The predicted molar refractivity (Wildman–Crippen MR) is 69.7 cm³/mol. The van der Waals surface area contributed by atoms with Crippen LogP contribution in [0.3, 0.4) is 0 Å². The van der Waals surface area contributed by atoms with Crippen LogP contribution in [-0.2, 0) is 11.9 Å². The van der Waals surface area contributed by atoms with Gasteiger partial charge in [0, 0.05) is 11.4 Å². The molecular formula is C14H10BrF3O. The van der Waals surface area contributed by atoms with E-state index in [0.29, 0.717) is 10.9 Å². The maximum Gasteiger partial charge on any atom is 0.165 e. The molecule has 0 saturated heterocycles. The molecule has 5 heteroatoms. The Kier molecular flexibility index (Phi) is 4.47. The Balaban J connectivity index is 2.10. The fourth-order valence-corrected chi connectivity index (χ4v) is 1.95. The van der Waals surface area contributed by atoms with Crippen molar-refractivity contribution in [2.24, 2.45) is 0 Å². The van der Waals surface area contributed by atoms with Crippen LogP contribution < -0.4 is 4.74 Å². The second-order valence-electron chi connectivity index (χ2n) is 3.96. The van der Waals surface area contributed by atoms with Gasteiger partial charge in [-0.1, -0.05) is 22.0 Å². The molecule has 19 heavy (non-hydrogen) atoms. The lowest BCUT2D eigenvalue weighted by molar-refractivity contribution is 0.289. The van der Waals surface area contributed by atoms with Crippen LogP contribution in [-0.4, -0.2) is 0 Å².